The Morgan fingerprint density at radius 1 is 1.07 bits per heavy atom. The molecule has 0 radical (unpaired) electrons. The summed E-state index contributed by atoms with van der Waals surface area (Å²) in [6.45, 7) is 6.97. The van der Waals surface area contributed by atoms with Crippen LogP contribution in [0.2, 0.25) is 0 Å². The number of esters is 1. The Bertz CT molecular complexity index is 1150. The van der Waals surface area contributed by atoms with Crippen LogP contribution >= 0.6 is 11.3 Å². The lowest BCUT2D eigenvalue weighted by atomic mass is 9.97. The lowest BCUT2D eigenvalue weighted by Crippen LogP contribution is -2.26. The zero-order valence-corrected chi connectivity index (χ0v) is 18.9. The van der Waals surface area contributed by atoms with Gasteiger partial charge in [-0.3, -0.25) is 9.52 Å². The molecule has 6 nitrogen and oxygen atoms in total. The van der Waals surface area contributed by atoms with E-state index in [1.165, 1.54) is 23.5 Å². The van der Waals surface area contributed by atoms with E-state index in [4.69, 9.17) is 4.74 Å². The van der Waals surface area contributed by atoms with E-state index in [2.05, 4.69) is 9.71 Å². The van der Waals surface area contributed by atoms with Gasteiger partial charge in [0.25, 0.3) is 10.0 Å². The van der Waals surface area contributed by atoms with Crippen LogP contribution in [0.1, 0.15) is 36.9 Å². The first-order valence-corrected chi connectivity index (χ1v) is 11.7. The number of carbonyl (C=O) groups excluding carboxylic acids is 1. The van der Waals surface area contributed by atoms with Crippen molar-refractivity contribution in [3.63, 3.8) is 0 Å². The van der Waals surface area contributed by atoms with Gasteiger partial charge in [0.15, 0.2) is 10.9 Å². The molecule has 0 atom stereocenters. The summed E-state index contributed by atoms with van der Waals surface area (Å²) in [6.07, 6.45) is 0.672. The minimum Gasteiger partial charge on any atom is -0.425 e. The largest absolute Gasteiger partial charge is 0.425 e. The fourth-order valence-corrected chi connectivity index (χ4v) is 4.96. The van der Waals surface area contributed by atoms with Crippen molar-refractivity contribution in [3.05, 3.63) is 70.7 Å². The standard InChI is InChI=1S/C22H24N2O4S2/c1-15-18(14-16-10-6-5-7-11-16)29-21(23-15)24-30(26,27)19-13-9-8-12-17(19)28-20(25)22(2,3)4/h5-13H,14H2,1-4H3,(H,23,24). The molecule has 0 saturated carbocycles. The first kappa shape index (κ1) is 22.0. The van der Waals surface area contributed by atoms with Crippen LogP contribution in [0.4, 0.5) is 5.13 Å². The molecule has 1 aromatic heterocycles. The molecule has 1 N–H and O–H groups in total. The summed E-state index contributed by atoms with van der Waals surface area (Å²) in [4.78, 5) is 17.5. The van der Waals surface area contributed by atoms with Crippen LogP contribution in [-0.4, -0.2) is 19.4 Å². The predicted molar refractivity (Wildman–Crippen MR) is 118 cm³/mol. The number of aromatic nitrogens is 1. The van der Waals surface area contributed by atoms with Gasteiger partial charge in [0.1, 0.15) is 4.90 Å². The number of rotatable bonds is 6. The van der Waals surface area contributed by atoms with Gasteiger partial charge >= 0.3 is 5.97 Å². The molecule has 0 spiro atoms. The molecular weight excluding hydrogens is 420 g/mol. The summed E-state index contributed by atoms with van der Waals surface area (Å²) in [5, 5.41) is 0.274. The van der Waals surface area contributed by atoms with Crippen molar-refractivity contribution in [3.8, 4) is 5.75 Å². The number of thiazole rings is 1. The molecule has 0 fully saturated rings. The number of hydrogen-bond donors (Lipinski definition) is 1. The smallest absolute Gasteiger partial charge is 0.316 e. The van der Waals surface area contributed by atoms with E-state index in [-0.39, 0.29) is 15.8 Å². The van der Waals surface area contributed by atoms with Crippen molar-refractivity contribution in [2.45, 2.75) is 39.0 Å². The Balaban J connectivity index is 1.84. The first-order valence-electron chi connectivity index (χ1n) is 9.40. The Hall–Kier alpha value is -2.71. The van der Waals surface area contributed by atoms with Crippen LogP contribution < -0.4 is 9.46 Å². The highest BCUT2D eigenvalue weighted by Gasteiger charge is 2.28. The Morgan fingerprint density at radius 3 is 2.37 bits per heavy atom. The second kappa shape index (κ2) is 8.57. The lowest BCUT2D eigenvalue weighted by molar-refractivity contribution is -0.143. The van der Waals surface area contributed by atoms with E-state index in [1.54, 1.807) is 32.9 Å². The average Bonchev–Trinajstić information content (AvgIpc) is 3.00. The first-order chi connectivity index (χ1) is 14.1. The van der Waals surface area contributed by atoms with Gasteiger partial charge in [-0.15, -0.1) is 11.3 Å². The van der Waals surface area contributed by atoms with Crippen molar-refractivity contribution in [2.75, 3.05) is 4.72 Å². The van der Waals surface area contributed by atoms with E-state index >= 15 is 0 Å². The van der Waals surface area contributed by atoms with Crippen LogP contribution in [0.15, 0.2) is 59.5 Å². The number of nitrogens with zero attached hydrogens (tertiary/aromatic N) is 1. The molecule has 1 heterocycles. The predicted octanol–water partition coefficient (Wildman–Crippen LogP) is 4.79. The molecule has 3 rings (SSSR count). The maximum absolute atomic E-state index is 13.0. The highest BCUT2D eigenvalue weighted by molar-refractivity contribution is 7.93. The molecular formula is C22H24N2O4S2. The lowest BCUT2D eigenvalue weighted by Gasteiger charge is -2.18. The van der Waals surface area contributed by atoms with Crippen LogP contribution in [0, 0.1) is 12.3 Å². The summed E-state index contributed by atoms with van der Waals surface area (Å²) in [6, 6.07) is 16.0. The van der Waals surface area contributed by atoms with Gasteiger partial charge < -0.3 is 4.74 Å². The fourth-order valence-electron chi connectivity index (χ4n) is 2.60. The Kier molecular flexibility index (Phi) is 6.28. The number of para-hydroxylation sites is 1. The zero-order valence-electron chi connectivity index (χ0n) is 17.3. The number of ether oxygens (including phenoxy) is 1. The molecule has 0 saturated heterocycles. The summed E-state index contributed by atoms with van der Waals surface area (Å²) in [5.74, 6) is -0.525. The number of hydrogen-bond acceptors (Lipinski definition) is 6. The number of sulfonamides is 1. The number of carbonyl (C=O) groups is 1. The molecule has 158 valence electrons. The normalized spacial score (nSPS) is 11.9. The zero-order chi connectivity index (χ0) is 21.9. The van der Waals surface area contributed by atoms with Crippen LogP contribution in [-0.2, 0) is 21.2 Å². The third kappa shape index (κ3) is 5.25. The van der Waals surface area contributed by atoms with Gasteiger partial charge in [-0.2, -0.15) is 0 Å². The molecule has 2 aromatic carbocycles. The quantitative estimate of drug-likeness (QED) is 0.436. The van der Waals surface area contributed by atoms with Gasteiger partial charge in [0.2, 0.25) is 0 Å². The maximum Gasteiger partial charge on any atom is 0.316 e. The van der Waals surface area contributed by atoms with Gasteiger partial charge in [-0.05, 0) is 45.4 Å². The minimum atomic E-state index is -3.99. The fraction of sp³-hybridized carbons (Fsp3) is 0.273. The second-order valence-corrected chi connectivity index (χ2v) is 10.6. The number of aryl methyl sites for hydroxylation is 1. The van der Waals surface area contributed by atoms with Crippen molar-refractivity contribution in [1.82, 2.24) is 4.98 Å². The van der Waals surface area contributed by atoms with E-state index in [1.807, 2.05) is 37.3 Å². The SMILES string of the molecule is Cc1nc(NS(=O)(=O)c2ccccc2OC(=O)C(C)(C)C)sc1Cc1ccccc1. The molecule has 0 unspecified atom stereocenters. The number of benzene rings is 2. The highest BCUT2D eigenvalue weighted by atomic mass is 32.2. The summed E-state index contributed by atoms with van der Waals surface area (Å²) >= 11 is 1.29. The minimum absolute atomic E-state index is 0.0114. The van der Waals surface area contributed by atoms with Gasteiger partial charge in [-0.25, -0.2) is 13.4 Å². The van der Waals surface area contributed by atoms with Crippen molar-refractivity contribution in [2.24, 2.45) is 5.41 Å². The Labute approximate surface area is 181 Å². The van der Waals surface area contributed by atoms with Crippen molar-refractivity contribution >= 4 is 32.5 Å². The summed E-state index contributed by atoms with van der Waals surface area (Å²) < 4.78 is 33.9. The third-order valence-corrected chi connectivity index (χ3v) is 6.86. The van der Waals surface area contributed by atoms with Gasteiger partial charge in [0.05, 0.1) is 11.1 Å². The average molecular weight is 445 g/mol. The van der Waals surface area contributed by atoms with E-state index < -0.39 is 21.4 Å². The van der Waals surface area contributed by atoms with Gasteiger partial charge in [-0.1, -0.05) is 42.5 Å². The monoisotopic (exact) mass is 444 g/mol. The third-order valence-electron chi connectivity index (χ3n) is 4.28. The molecule has 0 aliphatic rings. The van der Waals surface area contributed by atoms with Crippen molar-refractivity contribution in [1.29, 1.82) is 0 Å². The number of nitrogens with one attached hydrogen (secondary N) is 1. The van der Waals surface area contributed by atoms with Crippen molar-refractivity contribution < 1.29 is 17.9 Å². The molecule has 0 aliphatic carbocycles. The second-order valence-electron chi connectivity index (χ2n) is 7.88. The van der Waals surface area contributed by atoms with Gasteiger partial charge in [0, 0.05) is 11.3 Å². The van der Waals surface area contributed by atoms with E-state index in [9.17, 15) is 13.2 Å². The topological polar surface area (TPSA) is 85.4 Å². The Morgan fingerprint density at radius 2 is 1.70 bits per heavy atom. The number of anilines is 1. The molecule has 0 aliphatic heterocycles. The van der Waals surface area contributed by atoms with Crippen LogP contribution in [0.5, 0.6) is 5.75 Å². The van der Waals surface area contributed by atoms with E-state index in [0.717, 1.165) is 16.1 Å². The summed E-state index contributed by atoms with van der Waals surface area (Å²) in [5.41, 5.74) is 1.13. The van der Waals surface area contributed by atoms with Crippen LogP contribution in [0.3, 0.4) is 0 Å². The molecule has 0 bridgehead atoms. The maximum atomic E-state index is 13.0. The van der Waals surface area contributed by atoms with E-state index in [0.29, 0.717) is 6.42 Å². The molecule has 8 heteroatoms. The molecule has 3 aromatic rings. The summed E-state index contributed by atoms with van der Waals surface area (Å²) in [7, 11) is -3.99. The highest BCUT2D eigenvalue weighted by Crippen LogP contribution is 2.31. The molecule has 30 heavy (non-hydrogen) atoms. The molecule has 0 amide bonds. The van der Waals surface area contributed by atoms with Crippen LogP contribution in [0.25, 0.3) is 0 Å².